The van der Waals surface area contributed by atoms with Crippen molar-refractivity contribution in [1.82, 2.24) is 18.7 Å². The number of aryl methyl sites for hydroxylation is 1. The number of aromatic nitrogens is 4. The van der Waals surface area contributed by atoms with Gasteiger partial charge < -0.3 is 9.47 Å². The molecule has 0 fully saturated rings. The Hall–Kier alpha value is -7.33. The first-order chi connectivity index (χ1) is 32.2. The summed E-state index contributed by atoms with van der Waals surface area (Å²) in [5.41, 5.74) is 14.2. The van der Waals surface area contributed by atoms with Crippen LogP contribution >= 0.6 is 0 Å². The van der Waals surface area contributed by atoms with Crippen LogP contribution in [0, 0.1) is 12.1 Å². The number of anilines is 3. The Balaban J connectivity index is 0.00000525. The largest absolute Gasteiger partial charge is 0.357 e. The molecule has 0 aliphatic carbocycles. The second kappa shape index (κ2) is 17.1. The number of hydrogen-bond donors (Lipinski definition) is 0. The van der Waals surface area contributed by atoms with E-state index in [9.17, 15) is 0 Å². The van der Waals surface area contributed by atoms with Crippen LogP contribution in [-0.2, 0) is 28.0 Å². The number of hydrogen-bond acceptors (Lipinski definition) is 2. The van der Waals surface area contributed by atoms with Crippen LogP contribution in [0.5, 0.6) is 0 Å². The summed E-state index contributed by atoms with van der Waals surface area (Å²) >= 11 is 0. The van der Waals surface area contributed by atoms with Crippen LogP contribution in [0.3, 0.4) is 0 Å². The number of nitrogens with zero attached hydrogens (tertiary/aromatic N) is 5. The van der Waals surface area contributed by atoms with E-state index in [1.165, 1.54) is 15.7 Å². The normalized spacial score (nSPS) is 12.3. The van der Waals surface area contributed by atoms with E-state index in [2.05, 4.69) is 181 Å². The van der Waals surface area contributed by atoms with Gasteiger partial charge in [-0.05, 0) is 69.5 Å². The number of rotatable bonds is 9. The Labute approximate surface area is 392 Å². The number of fused-ring (bicyclic) bond motifs is 4. The molecule has 0 bridgehead atoms. The zero-order valence-corrected chi connectivity index (χ0v) is 37.5. The Bertz CT molecular complexity index is 3520. The van der Waals surface area contributed by atoms with Crippen molar-refractivity contribution in [2.45, 2.75) is 19.8 Å². The van der Waals surface area contributed by atoms with Gasteiger partial charge in [0.2, 0.25) is 0 Å². The summed E-state index contributed by atoms with van der Waals surface area (Å²) in [5.74, 6) is 1.14. The topological polar surface area (TPSA) is 30.9 Å². The maximum Gasteiger partial charge on any atom is 0.188 e. The molecular formula is C58H44N5Pt-. The predicted octanol–water partition coefficient (Wildman–Crippen LogP) is 14.9. The van der Waals surface area contributed by atoms with Crippen molar-refractivity contribution in [2.75, 3.05) is 4.90 Å². The van der Waals surface area contributed by atoms with Crippen molar-refractivity contribution in [3.63, 3.8) is 0 Å². The summed E-state index contributed by atoms with van der Waals surface area (Å²) in [6.07, 6.45) is 3.56. The average Bonchev–Trinajstić information content (AvgIpc) is 3.92. The van der Waals surface area contributed by atoms with E-state index in [1.54, 1.807) is 6.33 Å². The molecule has 0 amide bonds. The first kappa shape index (κ1) is 37.2. The van der Waals surface area contributed by atoms with Crippen molar-refractivity contribution < 1.29 is 25.2 Å². The molecule has 0 radical (unpaired) electrons. The molecule has 3 aromatic heterocycles. The first-order valence-corrected chi connectivity index (χ1v) is 21.3. The molecule has 0 aliphatic rings. The van der Waals surface area contributed by atoms with E-state index >= 15 is 0 Å². The van der Waals surface area contributed by atoms with Crippen molar-refractivity contribution in [3.05, 3.63) is 224 Å². The Morgan fingerprint density at radius 1 is 0.562 bits per heavy atom. The summed E-state index contributed by atoms with van der Waals surface area (Å²) in [5, 5.41) is 2.15. The van der Waals surface area contributed by atoms with E-state index < -0.39 is 6.98 Å². The molecule has 0 saturated carbocycles. The SMILES string of the molecule is [2H]C([2H])([2H])n1[cH+]n(-c2[c-]c(N(c3[c-]c4c(cc3)c3ccccc3n4-c3cc(-c4ccccc4C(C)C)ccn3)c3c(-c4ccccc4)cccc3-c3ccccc3)ccc2)c2ccccc21.[Pt]. The third-order valence-electron chi connectivity index (χ3n) is 12.0. The quantitative estimate of drug-likeness (QED) is 0.135. The average molecular weight is 1010 g/mol. The molecular weight excluding hydrogens is 962 g/mol. The van der Waals surface area contributed by atoms with Crippen LogP contribution in [0.1, 0.15) is 29.4 Å². The summed E-state index contributed by atoms with van der Waals surface area (Å²) in [4.78, 5) is 7.30. The van der Waals surface area contributed by atoms with Gasteiger partial charge in [0.25, 0.3) is 0 Å². The molecule has 8 aromatic carbocycles. The van der Waals surface area contributed by atoms with Gasteiger partial charge in [-0.3, -0.25) is 0 Å². The number of benzene rings is 8. The smallest absolute Gasteiger partial charge is 0.188 e. The number of pyridine rings is 1. The predicted molar refractivity (Wildman–Crippen MR) is 262 cm³/mol. The minimum absolute atomic E-state index is 0. The molecule has 5 nitrogen and oxygen atoms in total. The van der Waals surface area contributed by atoms with Crippen molar-refractivity contribution >= 4 is 49.9 Å². The maximum atomic E-state index is 8.40. The van der Waals surface area contributed by atoms with E-state index in [-0.39, 0.29) is 21.1 Å². The van der Waals surface area contributed by atoms with Crippen LogP contribution < -0.4 is 4.90 Å². The fraction of sp³-hybridized carbons (Fsp3) is 0.0690. The second-order valence-corrected chi connectivity index (χ2v) is 16.1. The zero-order valence-electron chi connectivity index (χ0n) is 38.3. The molecule has 11 aromatic rings. The van der Waals surface area contributed by atoms with E-state index in [0.717, 1.165) is 78.0 Å². The molecule has 0 unspecified atom stereocenters. The van der Waals surface area contributed by atoms with Crippen LogP contribution in [0.2, 0.25) is 0 Å². The second-order valence-electron chi connectivity index (χ2n) is 16.1. The fourth-order valence-electron chi connectivity index (χ4n) is 9.10. The number of imidazole rings is 1. The third-order valence-corrected chi connectivity index (χ3v) is 12.0. The van der Waals surface area contributed by atoms with Crippen LogP contribution in [0.15, 0.2) is 207 Å². The van der Waals surface area contributed by atoms with Gasteiger partial charge in [-0.2, -0.15) is 12.1 Å². The molecule has 11 rings (SSSR count). The molecule has 6 heteroatoms. The summed E-state index contributed by atoms with van der Waals surface area (Å²) < 4.78 is 30.7. The molecule has 0 atom stereocenters. The fourth-order valence-corrected chi connectivity index (χ4v) is 9.10. The van der Waals surface area contributed by atoms with Gasteiger partial charge in [-0.15, -0.1) is 29.7 Å². The van der Waals surface area contributed by atoms with Gasteiger partial charge in [0.05, 0.1) is 5.69 Å². The molecule has 312 valence electrons. The van der Waals surface area contributed by atoms with Crippen LogP contribution in [0.25, 0.3) is 77.7 Å². The Morgan fingerprint density at radius 3 is 1.92 bits per heavy atom. The first-order valence-electron chi connectivity index (χ1n) is 22.8. The molecule has 0 saturated heterocycles. The van der Waals surface area contributed by atoms with Gasteiger partial charge >= 0.3 is 0 Å². The monoisotopic (exact) mass is 1010 g/mol. The van der Waals surface area contributed by atoms with Gasteiger partial charge in [0.15, 0.2) is 17.4 Å². The van der Waals surface area contributed by atoms with E-state index in [0.29, 0.717) is 17.1 Å². The van der Waals surface area contributed by atoms with Crippen LogP contribution in [0.4, 0.5) is 17.1 Å². The Morgan fingerprint density at radius 2 is 1.19 bits per heavy atom. The minimum Gasteiger partial charge on any atom is -0.357 e. The zero-order chi connectivity index (χ0) is 44.9. The minimum atomic E-state index is -2.39. The standard InChI is InChI=1S/C58H44N5.Pt/c1-40(2)47-24-10-11-25-48(47)43-34-35-59-57(36-43)63-53-29-13-12-26-51(53)52-33-32-46(38-56(52)63)62(45-23-16-22-44(37-45)61-39-60(3)54-30-14-15-31-55(54)61)58-49(41-18-6-4-7-19-41)27-17-28-50(58)42-20-8-5-9-21-42;/h4-36,39-40H,1-3H3;/q-1;/i3D3;. The summed E-state index contributed by atoms with van der Waals surface area (Å²) in [6.45, 7) is 2.08. The van der Waals surface area contributed by atoms with E-state index in [1.807, 2.05) is 59.3 Å². The van der Waals surface area contributed by atoms with Crippen molar-refractivity contribution in [2.24, 2.45) is 6.98 Å². The maximum absolute atomic E-state index is 8.40. The molecule has 3 heterocycles. The molecule has 64 heavy (non-hydrogen) atoms. The molecule has 0 N–H and O–H groups in total. The summed E-state index contributed by atoms with van der Waals surface area (Å²) in [6, 6.07) is 74.5. The summed E-state index contributed by atoms with van der Waals surface area (Å²) in [7, 11) is 0. The van der Waals surface area contributed by atoms with E-state index in [4.69, 9.17) is 9.10 Å². The van der Waals surface area contributed by atoms with Gasteiger partial charge in [-0.25, -0.2) is 14.1 Å². The van der Waals surface area contributed by atoms with Gasteiger partial charge in [0, 0.05) is 72.8 Å². The van der Waals surface area contributed by atoms with Crippen LogP contribution in [-0.4, -0.2) is 18.7 Å². The third kappa shape index (κ3) is 7.12. The number of para-hydroxylation sites is 4. The van der Waals surface area contributed by atoms with Crippen molar-refractivity contribution in [3.8, 4) is 44.9 Å². The van der Waals surface area contributed by atoms with Gasteiger partial charge in [0.1, 0.15) is 5.82 Å². The van der Waals surface area contributed by atoms with Crippen molar-refractivity contribution in [1.29, 1.82) is 0 Å². The Kier molecular flexibility index (Phi) is 9.94. The van der Waals surface area contributed by atoms with Gasteiger partial charge in [-0.1, -0.05) is 158 Å². The molecule has 0 aliphatic heterocycles. The molecule has 0 spiro atoms.